The molecular weight excluding hydrogens is 172 g/mol. The molecule has 0 radical (unpaired) electrons. The van der Waals surface area contributed by atoms with Gasteiger partial charge < -0.3 is 5.73 Å². The van der Waals surface area contributed by atoms with Crippen LogP contribution in [0.5, 0.6) is 0 Å². The monoisotopic (exact) mass is 194 g/mol. The number of nitrogens with zero attached hydrogens (tertiary/aromatic N) is 1. The minimum atomic E-state index is 0.874. The standard InChI is InChI=1S/C12H22N2/c1-2-3-12(13)14-8-11(9-4-5-9)10-6-7-10/h9-11H,2-8H2,1H3,(H2,13,14). The van der Waals surface area contributed by atoms with Gasteiger partial charge in [0.15, 0.2) is 0 Å². The van der Waals surface area contributed by atoms with Gasteiger partial charge in [0.2, 0.25) is 0 Å². The van der Waals surface area contributed by atoms with E-state index in [4.69, 9.17) is 5.73 Å². The molecule has 2 saturated carbocycles. The maximum absolute atomic E-state index is 5.82. The van der Waals surface area contributed by atoms with E-state index in [0.29, 0.717) is 0 Å². The van der Waals surface area contributed by atoms with Crippen LogP contribution in [0.25, 0.3) is 0 Å². The summed E-state index contributed by atoms with van der Waals surface area (Å²) in [4.78, 5) is 4.53. The number of hydrogen-bond donors (Lipinski definition) is 1. The van der Waals surface area contributed by atoms with E-state index in [2.05, 4.69) is 11.9 Å². The van der Waals surface area contributed by atoms with Crippen LogP contribution in [-0.2, 0) is 0 Å². The minimum Gasteiger partial charge on any atom is -0.387 e. The lowest BCUT2D eigenvalue weighted by Crippen LogP contribution is -2.16. The van der Waals surface area contributed by atoms with Crippen molar-refractivity contribution in [2.45, 2.75) is 45.4 Å². The maximum Gasteiger partial charge on any atom is 0.0937 e. The molecule has 0 spiro atoms. The Labute approximate surface area is 87.0 Å². The molecule has 80 valence electrons. The number of amidine groups is 1. The van der Waals surface area contributed by atoms with Gasteiger partial charge >= 0.3 is 0 Å². The zero-order valence-electron chi connectivity index (χ0n) is 9.21. The molecule has 2 aliphatic carbocycles. The van der Waals surface area contributed by atoms with Crippen molar-refractivity contribution in [1.82, 2.24) is 0 Å². The molecule has 0 amide bonds. The van der Waals surface area contributed by atoms with Gasteiger partial charge in [-0.05, 0) is 49.9 Å². The molecule has 0 aromatic carbocycles. The van der Waals surface area contributed by atoms with Gasteiger partial charge in [-0.1, -0.05) is 6.92 Å². The lowest BCUT2D eigenvalue weighted by molar-refractivity contribution is 0.417. The predicted octanol–water partition coefficient (Wildman–Crippen LogP) is 2.58. The summed E-state index contributed by atoms with van der Waals surface area (Å²) < 4.78 is 0. The molecule has 0 aliphatic heterocycles. The van der Waals surface area contributed by atoms with Crippen LogP contribution in [0, 0.1) is 17.8 Å². The molecule has 2 heteroatoms. The summed E-state index contributed by atoms with van der Waals surface area (Å²) in [5, 5.41) is 0. The normalized spacial score (nSPS) is 23.1. The summed E-state index contributed by atoms with van der Waals surface area (Å²) in [6.07, 6.45) is 7.89. The number of nitrogens with two attached hydrogens (primary N) is 1. The first kappa shape index (κ1) is 10.0. The van der Waals surface area contributed by atoms with Crippen LogP contribution < -0.4 is 5.73 Å². The van der Waals surface area contributed by atoms with Crippen LogP contribution in [0.15, 0.2) is 4.99 Å². The number of hydrogen-bond acceptors (Lipinski definition) is 1. The third kappa shape index (κ3) is 2.73. The fraction of sp³-hybridized carbons (Fsp3) is 0.917. The topological polar surface area (TPSA) is 38.4 Å². The third-order valence-corrected chi connectivity index (χ3v) is 3.47. The van der Waals surface area contributed by atoms with E-state index in [1.54, 1.807) is 0 Å². The van der Waals surface area contributed by atoms with Gasteiger partial charge in [-0.15, -0.1) is 0 Å². The summed E-state index contributed by atoms with van der Waals surface area (Å²) in [5.74, 6) is 3.76. The molecule has 2 fully saturated rings. The van der Waals surface area contributed by atoms with E-state index in [1.807, 2.05) is 0 Å². The summed E-state index contributed by atoms with van der Waals surface area (Å²) in [5.41, 5.74) is 5.82. The molecular formula is C12H22N2. The molecule has 0 heterocycles. The molecule has 0 unspecified atom stereocenters. The van der Waals surface area contributed by atoms with Crippen molar-refractivity contribution in [3.8, 4) is 0 Å². The molecule has 0 aromatic heterocycles. The first-order valence-corrected chi connectivity index (χ1v) is 6.10. The molecule has 2 nitrogen and oxygen atoms in total. The quantitative estimate of drug-likeness (QED) is 0.512. The van der Waals surface area contributed by atoms with Gasteiger partial charge in [-0.25, -0.2) is 0 Å². The van der Waals surface area contributed by atoms with Gasteiger partial charge in [-0.2, -0.15) is 0 Å². The molecule has 0 saturated heterocycles. The van der Waals surface area contributed by atoms with Crippen molar-refractivity contribution in [3.63, 3.8) is 0 Å². The molecule has 14 heavy (non-hydrogen) atoms. The lowest BCUT2D eigenvalue weighted by atomic mass is 9.98. The Kier molecular flexibility index (Phi) is 3.09. The van der Waals surface area contributed by atoms with E-state index in [0.717, 1.165) is 43.0 Å². The molecule has 2 N–H and O–H groups in total. The maximum atomic E-state index is 5.82. The predicted molar refractivity (Wildman–Crippen MR) is 60.3 cm³/mol. The Morgan fingerprint density at radius 1 is 1.29 bits per heavy atom. The van der Waals surface area contributed by atoms with Crippen molar-refractivity contribution in [2.24, 2.45) is 28.5 Å². The molecule has 0 aromatic rings. The van der Waals surface area contributed by atoms with Gasteiger partial charge in [-0.3, -0.25) is 4.99 Å². The van der Waals surface area contributed by atoms with Crippen molar-refractivity contribution in [2.75, 3.05) is 6.54 Å². The number of aliphatic imine (C=N–C) groups is 1. The van der Waals surface area contributed by atoms with Gasteiger partial charge in [0.05, 0.1) is 5.84 Å². The Hall–Kier alpha value is -0.530. The Morgan fingerprint density at radius 3 is 2.29 bits per heavy atom. The number of rotatable bonds is 6. The van der Waals surface area contributed by atoms with Gasteiger partial charge in [0.1, 0.15) is 0 Å². The molecule has 0 atom stereocenters. The highest BCUT2D eigenvalue weighted by atomic mass is 14.9. The van der Waals surface area contributed by atoms with Crippen molar-refractivity contribution >= 4 is 5.84 Å². The Morgan fingerprint density at radius 2 is 1.86 bits per heavy atom. The van der Waals surface area contributed by atoms with Crippen LogP contribution in [0.2, 0.25) is 0 Å². The zero-order chi connectivity index (χ0) is 9.97. The average molecular weight is 194 g/mol. The van der Waals surface area contributed by atoms with E-state index in [1.165, 1.54) is 25.7 Å². The SMILES string of the molecule is CCCC(N)=NCC(C1CC1)C1CC1. The fourth-order valence-electron chi connectivity index (χ4n) is 2.29. The minimum absolute atomic E-state index is 0.874. The Bertz CT molecular complexity index is 202. The van der Waals surface area contributed by atoms with Gasteiger partial charge in [0, 0.05) is 13.0 Å². The first-order chi connectivity index (χ1) is 6.81. The summed E-state index contributed by atoms with van der Waals surface area (Å²) in [7, 11) is 0. The second-order valence-corrected chi connectivity index (χ2v) is 4.92. The van der Waals surface area contributed by atoms with Gasteiger partial charge in [0.25, 0.3) is 0 Å². The highest BCUT2D eigenvalue weighted by molar-refractivity contribution is 5.80. The van der Waals surface area contributed by atoms with Crippen LogP contribution in [0.1, 0.15) is 45.4 Å². The molecule has 2 rings (SSSR count). The largest absolute Gasteiger partial charge is 0.387 e. The van der Waals surface area contributed by atoms with Crippen LogP contribution >= 0.6 is 0 Å². The highest BCUT2D eigenvalue weighted by Crippen LogP contribution is 2.49. The lowest BCUT2D eigenvalue weighted by Gasteiger charge is -2.12. The smallest absolute Gasteiger partial charge is 0.0937 e. The van der Waals surface area contributed by atoms with Crippen molar-refractivity contribution < 1.29 is 0 Å². The van der Waals surface area contributed by atoms with E-state index < -0.39 is 0 Å². The van der Waals surface area contributed by atoms with Crippen molar-refractivity contribution in [3.05, 3.63) is 0 Å². The van der Waals surface area contributed by atoms with E-state index in [9.17, 15) is 0 Å². The summed E-state index contributed by atoms with van der Waals surface area (Å²) >= 11 is 0. The second-order valence-electron chi connectivity index (χ2n) is 4.92. The van der Waals surface area contributed by atoms with E-state index >= 15 is 0 Å². The fourth-order valence-corrected chi connectivity index (χ4v) is 2.29. The summed E-state index contributed by atoms with van der Waals surface area (Å²) in [6.45, 7) is 3.17. The third-order valence-electron chi connectivity index (χ3n) is 3.47. The van der Waals surface area contributed by atoms with E-state index in [-0.39, 0.29) is 0 Å². The van der Waals surface area contributed by atoms with Crippen molar-refractivity contribution in [1.29, 1.82) is 0 Å². The Balaban J connectivity index is 1.78. The van der Waals surface area contributed by atoms with Crippen LogP contribution in [0.4, 0.5) is 0 Å². The van der Waals surface area contributed by atoms with Crippen LogP contribution in [0.3, 0.4) is 0 Å². The average Bonchev–Trinajstić information content (AvgIpc) is 3.01. The first-order valence-electron chi connectivity index (χ1n) is 6.10. The highest BCUT2D eigenvalue weighted by Gasteiger charge is 2.40. The summed E-state index contributed by atoms with van der Waals surface area (Å²) in [6, 6.07) is 0. The second kappa shape index (κ2) is 4.33. The molecule has 2 aliphatic rings. The molecule has 0 bridgehead atoms. The van der Waals surface area contributed by atoms with Crippen LogP contribution in [-0.4, -0.2) is 12.4 Å². The zero-order valence-corrected chi connectivity index (χ0v) is 9.21.